The van der Waals surface area contributed by atoms with Gasteiger partial charge >= 0.3 is 0 Å². The van der Waals surface area contributed by atoms with Crippen molar-refractivity contribution in [2.75, 3.05) is 0 Å². The number of hydrogen-bond acceptors (Lipinski definition) is 4. The van der Waals surface area contributed by atoms with Gasteiger partial charge in [0, 0.05) is 6.20 Å². The number of amidine groups is 1. The van der Waals surface area contributed by atoms with Gasteiger partial charge in [0.2, 0.25) is 5.91 Å². The molecule has 1 aromatic rings. The summed E-state index contributed by atoms with van der Waals surface area (Å²) in [6, 6.07) is 3.78. The van der Waals surface area contributed by atoms with Gasteiger partial charge < -0.3 is 16.3 Å². The fourth-order valence-electron chi connectivity index (χ4n) is 2.18. The maximum atomic E-state index is 12.4. The summed E-state index contributed by atoms with van der Waals surface area (Å²) >= 11 is 0. The Bertz CT molecular complexity index is 496. The Balaban J connectivity index is 2.86. The normalized spacial score (nSPS) is 12.2. The zero-order valence-corrected chi connectivity index (χ0v) is 12.2. The number of nitrogens with zero attached hydrogens (tertiary/aromatic N) is 2. The van der Waals surface area contributed by atoms with Crippen LogP contribution in [0.25, 0.3) is 0 Å². The van der Waals surface area contributed by atoms with Crippen LogP contribution in [0.15, 0.2) is 23.5 Å². The second-order valence-electron chi connectivity index (χ2n) is 4.72. The minimum absolute atomic E-state index is 0.0576. The maximum absolute atomic E-state index is 12.4. The van der Waals surface area contributed by atoms with Gasteiger partial charge in [-0.2, -0.15) is 0 Å². The molecule has 20 heavy (non-hydrogen) atoms. The molecule has 0 saturated carbocycles. The minimum atomic E-state index is -0.975. The van der Waals surface area contributed by atoms with Crippen LogP contribution >= 0.6 is 0 Å². The molecule has 6 heteroatoms. The zero-order valence-electron chi connectivity index (χ0n) is 12.2. The number of amides is 1. The van der Waals surface area contributed by atoms with Gasteiger partial charge in [-0.25, -0.2) is 0 Å². The van der Waals surface area contributed by atoms with E-state index < -0.39 is 5.41 Å². The predicted molar refractivity (Wildman–Crippen MR) is 77.2 cm³/mol. The number of hydrogen-bond donors (Lipinski definition) is 3. The molecule has 0 aliphatic rings. The van der Waals surface area contributed by atoms with Crippen LogP contribution in [0.4, 0.5) is 0 Å². The Morgan fingerprint density at radius 3 is 2.65 bits per heavy atom. The molecule has 1 amide bonds. The molecule has 0 aromatic carbocycles. The summed E-state index contributed by atoms with van der Waals surface area (Å²) in [5, 5.41) is 14.7. The summed E-state index contributed by atoms with van der Waals surface area (Å²) in [4.78, 5) is 16.6. The summed E-state index contributed by atoms with van der Waals surface area (Å²) in [5.41, 5.74) is 6.54. The third-order valence-corrected chi connectivity index (χ3v) is 3.77. The smallest absolute Gasteiger partial charge is 0.234 e. The SMILES string of the molecule is CCC(CC)(C(=O)NCc1ncccc1C)C(N)=NO. The lowest BCUT2D eigenvalue weighted by Gasteiger charge is -2.28. The van der Waals surface area contributed by atoms with E-state index in [1.54, 1.807) is 6.20 Å². The number of pyridine rings is 1. The highest BCUT2D eigenvalue weighted by molar-refractivity contribution is 6.06. The molecule has 0 spiro atoms. The van der Waals surface area contributed by atoms with Gasteiger partial charge in [-0.1, -0.05) is 25.1 Å². The molecule has 0 saturated heterocycles. The van der Waals surface area contributed by atoms with Crippen LogP contribution in [-0.4, -0.2) is 21.9 Å². The third kappa shape index (κ3) is 3.07. The van der Waals surface area contributed by atoms with E-state index in [0.29, 0.717) is 19.4 Å². The van der Waals surface area contributed by atoms with Gasteiger partial charge in [-0.3, -0.25) is 9.78 Å². The monoisotopic (exact) mass is 278 g/mol. The molecule has 0 atom stereocenters. The van der Waals surface area contributed by atoms with Crippen LogP contribution in [0.3, 0.4) is 0 Å². The summed E-state index contributed by atoms with van der Waals surface area (Å²) in [6.45, 7) is 5.94. The largest absolute Gasteiger partial charge is 0.409 e. The molecule has 110 valence electrons. The number of carbonyl (C=O) groups is 1. The number of nitrogens with two attached hydrogens (primary N) is 1. The number of nitrogens with one attached hydrogen (secondary N) is 1. The van der Waals surface area contributed by atoms with E-state index in [2.05, 4.69) is 15.5 Å². The minimum Gasteiger partial charge on any atom is -0.409 e. The average molecular weight is 278 g/mol. The Labute approximate surface area is 119 Å². The molecular weight excluding hydrogens is 256 g/mol. The van der Waals surface area contributed by atoms with E-state index in [9.17, 15) is 4.79 Å². The molecule has 0 aliphatic carbocycles. The first-order valence-corrected chi connectivity index (χ1v) is 6.68. The molecule has 1 heterocycles. The number of aryl methyl sites for hydroxylation is 1. The highest BCUT2D eigenvalue weighted by Gasteiger charge is 2.39. The van der Waals surface area contributed by atoms with E-state index in [-0.39, 0.29) is 11.7 Å². The van der Waals surface area contributed by atoms with Crippen molar-refractivity contribution in [1.29, 1.82) is 0 Å². The van der Waals surface area contributed by atoms with Gasteiger partial charge in [-0.15, -0.1) is 0 Å². The third-order valence-electron chi connectivity index (χ3n) is 3.77. The van der Waals surface area contributed by atoms with Crippen molar-refractivity contribution >= 4 is 11.7 Å². The van der Waals surface area contributed by atoms with Gasteiger partial charge in [0.1, 0.15) is 5.41 Å². The standard InChI is InChI=1S/C14H22N4O2/c1-4-14(5-2,12(15)18-20)13(19)17-9-11-10(3)7-6-8-16-11/h6-8,20H,4-5,9H2,1-3H3,(H2,15,18)(H,17,19). The first-order chi connectivity index (χ1) is 9.51. The Morgan fingerprint density at radius 1 is 1.50 bits per heavy atom. The maximum Gasteiger partial charge on any atom is 0.234 e. The quantitative estimate of drug-likeness (QED) is 0.318. The van der Waals surface area contributed by atoms with Crippen molar-refractivity contribution in [2.24, 2.45) is 16.3 Å². The average Bonchev–Trinajstić information content (AvgIpc) is 2.47. The molecule has 0 radical (unpaired) electrons. The van der Waals surface area contributed by atoms with E-state index in [4.69, 9.17) is 10.9 Å². The van der Waals surface area contributed by atoms with Crippen LogP contribution in [0.1, 0.15) is 37.9 Å². The summed E-state index contributed by atoms with van der Waals surface area (Å²) in [6.07, 6.45) is 2.61. The second kappa shape index (κ2) is 6.88. The molecule has 4 N–H and O–H groups in total. The summed E-state index contributed by atoms with van der Waals surface area (Å²) in [7, 11) is 0. The van der Waals surface area contributed by atoms with Crippen molar-refractivity contribution in [2.45, 2.75) is 40.2 Å². The first kappa shape index (κ1) is 15.9. The van der Waals surface area contributed by atoms with E-state index in [0.717, 1.165) is 11.3 Å². The van der Waals surface area contributed by atoms with Gasteiger partial charge in [0.25, 0.3) is 0 Å². The van der Waals surface area contributed by atoms with Gasteiger partial charge in [0.05, 0.1) is 12.2 Å². The molecule has 1 aromatic heterocycles. The lowest BCUT2D eigenvalue weighted by Crippen LogP contribution is -2.49. The molecule has 1 rings (SSSR count). The van der Waals surface area contributed by atoms with Crippen LogP contribution in [0.5, 0.6) is 0 Å². The molecular formula is C14H22N4O2. The molecule has 6 nitrogen and oxygen atoms in total. The fraction of sp³-hybridized carbons (Fsp3) is 0.500. The van der Waals surface area contributed by atoms with Crippen molar-refractivity contribution < 1.29 is 10.0 Å². The number of rotatable bonds is 6. The van der Waals surface area contributed by atoms with E-state index in [1.807, 2.05) is 32.9 Å². The van der Waals surface area contributed by atoms with Gasteiger partial charge in [0.15, 0.2) is 5.84 Å². The predicted octanol–water partition coefficient (Wildman–Crippen LogP) is 1.56. The van der Waals surface area contributed by atoms with Crippen LogP contribution < -0.4 is 11.1 Å². The van der Waals surface area contributed by atoms with Crippen molar-refractivity contribution in [3.63, 3.8) is 0 Å². The van der Waals surface area contributed by atoms with E-state index >= 15 is 0 Å². The summed E-state index contributed by atoms with van der Waals surface area (Å²) < 4.78 is 0. The molecule has 0 aliphatic heterocycles. The van der Waals surface area contributed by atoms with Crippen molar-refractivity contribution in [3.8, 4) is 0 Å². The number of aromatic nitrogens is 1. The second-order valence-corrected chi connectivity index (χ2v) is 4.72. The molecule has 0 unspecified atom stereocenters. The van der Waals surface area contributed by atoms with Crippen LogP contribution in [-0.2, 0) is 11.3 Å². The highest BCUT2D eigenvalue weighted by atomic mass is 16.4. The lowest BCUT2D eigenvalue weighted by atomic mass is 9.80. The fourth-order valence-corrected chi connectivity index (χ4v) is 2.18. The van der Waals surface area contributed by atoms with Crippen LogP contribution in [0, 0.1) is 12.3 Å². The number of carbonyl (C=O) groups excluding carboxylic acids is 1. The Kier molecular flexibility index (Phi) is 5.49. The highest BCUT2D eigenvalue weighted by Crippen LogP contribution is 2.27. The number of oxime groups is 1. The van der Waals surface area contributed by atoms with E-state index in [1.165, 1.54) is 0 Å². The summed E-state index contributed by atoms with van der Waals surface area (Å²) in [5.74, 6) is -0.305. The topological polar surface area (TPSA) is 101 Å². The lowest BCUT2D eigenvalue weighted by molar-refractivity contribution is -0.128. The van der Waals surface area contributed by atoms with Gasteiger partial charge in [-0.05, 0) is 31.4 Å². The first-order valence-electron chi connectivity index (χ1n) is 6.68. The van der Waals surface area contributed by atoms with Crippen molar-refractivity contribution in [3.05, 3.63) is 29.6 Å². The molecule has 0 bridgehead atoms. The van der Waals surface area contributed by atoms with Crippen LogP contribution in [0.2, 0.25) is 0 Å². The zero-order chi connectivity index (χ0) is 15.2. The Hall–Kier alpha value is -2.11. The Morgan fingerprint density at radius 2 is 2.15 bits per heavy atom. The molecule has 0 fully saturated rings. The van der Waals surface area contributed by atoms with Crippen molar-refractivity contribution in [1.82, 2.24) is 10.3 Å².